The molecule has 0 radical (unpaired) electrons. The number of alkyl halides is 1. The summed E-state index contributed by atoms with van der Waals surface area (Å²) in [5.41, 5.74) is 0.555. The first-order valence-electron chi connectivity index (χ1n) is 5.07. The Labute approximate surface area is 125 Å². The number of hydrogen-bond donors (Lipinski definition) is 1. The molecule has 6 heteroatoms. The Kier molecular flexibility index (Phi) is 4.15. The number of benzene rings is 1. The number of carbonyl (C=O) groups is 1. The van der Waals surface area contributed by atoms with Gasteiger partial charge < -0.3 is 10.0 Å². The van der Waals surface area contributed by atoms with E-state index in [0.717, 1.165) is 9.80 Å². The number of phenols is 1. The SMILES string of the molecule is O=C1CC(CBr)CN1c1cc(Br)cc(Br)c1O. The van der Waals surface area contributed by atoms with E-state index in [1.165, 1.54) is 0 Å². The van der Waals surface area contributed by atoms with Crippen LogP contribution in [0.3, 0.4) is 0 Å². The second-order valence-electron chi connectivity index (χ2n) is 3.98. The van der Waals surface area contributed by atoms with E-state index < -0.39 is 0 Å². The number of amides is 1. The van der Waals surface area contributed by atoms with Gasteiger partial charge in [-0.3, -0.25) is 4.79 Å². The number of hydrogen-bond acceptors (Lipinski definition) is 2. The molecule has 0 aromatic heterocycles. The lowest BCUT2D eigenvalue weighted by Gasteiger charge is -2.19. The van der Waals surface area contributed by atoms with Crippen molar-refractivity contribution < 1.29 is 9.90 Å². The van der Waals surface area contributed by atoms with Crippen LogP contribution in [-0.2, 0) is 4.79 Å². The van der Waals surface area contributed by atoms with Crippen molar-refractivity contribution in [3.8, 4) is 5.75 Å². The van der Waals surface area contributed by atoms with Gasteiger partial charge in [0.1, 0.15) is 0 Å². The standard InChI is InChI=1S/C11H10Br3NO2/c12-4-6-1-10(16)15(5-6)9-3-7(13)2-8(14)11(9)17/h2-3,6,17H,1,4-5H2. The average Bonchev–Trinajstić information content (AvgIpc) is 2.65. The maximum Gasteiger partial charge on any atom is 0.227 e. The predicted molar refractivity (Wildman–Crippen MR) is 77.8 cm³/mol. The molecular formula is C11H10Br3NO2. The number of phenolic OH excluding ortho intramolecular Hbond substituents is 1. The topological polar surface area (TPSA) is 40.5 Å². The molecule has 1 aliphatic rings. The van der Waals surface area contributed by atoms with Crippen LogP contribution in [0.25, 0.3) is 0 Å². The maximum atomic E-state index is 11.9. The van der Waals surface area contributed by atoms with Gasteiger partial charge in [0, 0.05) is 22.8 Å². The highest BCUT2D eigenvalue weighted by Crippen LogP contribution is 2.40. The molecular weight excluding hydrogens is 418 g/mol. The Balaban J connectivity index is 2.38. The fraction of sp³-hybridized carbons (Fsp3) is 0.364. The lowest BCUT2D eigenvalue weighted by atomic mass is 10.2. The van der Waals surface area contributed by atoms with Crippen LogP contribution < -0.4 is 4.90 Å². The Morgan fingerprint density at radius 3 is 2.71 bits per heavy atom. The number of halogens is 3. The fourth-order valence-electron chi connectivity index (χ4n) is 1.88. The molecule has 1 unspecified atom stereocenters. The zero-order valence-corrected chi connectivity index (χ0v) is 13.5. The van der Waals surface area contributed by atoms with Gasteiger partial charge in [0.25, 0.3) is 0 Å². The quantitative estimate of drug-likeness (QED) is 0.732. The van der Waals surface area contributed by atoms with E-state index in [1.807, 2.05) is 0 Å². The number of aromatic hydroxyl groups is 1. The molecule has 1 fully saturated rings. The van der Waals surface area contributed by atoms with Gasteiger partial charge in [-0.2, -0.15) is 0 Å². The summed E-state index contributed by atoms with van der Waals surface area (Å²) in [6.07, 6.45) is 0.523. The Bertz CT molecular complexity index is 464. The Morgan fingerprint density at radius 1 is 1.41 bits per heavy atom. The number of nitrogens with zero attached hydrogens (tertiary/aromatic N) is 1. The molecule has 1 atom stereocenters. The van der Waals surface area contributed by atoms with E-state index in [-0.39, 0.29) is 11.7 Å². The molecule has 17 heavy (non-hydrogen) atoms. The van der Waals surface area contributed by atoms with Crippen LogP contribution in [0.2, 0.25) is 0 Å². The van der Waals surface area contributed by atoms with Crippen molar-refractivity contribution in [3.63, 3.8) is 0 Å². The van der Waals surface area contributed by atoms with E-state index in [0.29, 0.717) is 29.0 Å². The van der Waals surface area contributed by atoms with Gasteiger partial charge >= 0.3 is 0 Å². The van der Waals surface area contributed by atoms with Gasteiger partial charge in [0.2, 0.25) is 5.91 Å². The molecule has 1 aromatic carbocycles. The first-order valence-corrected chi connectivity index (χ1v) is 7.78. The van der Waals surface area contributed by atoms with Crippen LogP contribution in [0.4, 0.5) is 5.69 Å². The highest BCUT2D eigenvalue weighted by molar-refractivity contribution is 9.11. The molecule has 0 spiro atoms. The van der Waals surface area contributed by atoms with Crippen LogP contribution in [0.5, 0.6) is 5.75 Å². The highest BCUT2D eigenvalue weighted by atomic mass is 79.9. The molecule has 1 N–H and O–H groups in total. The summed E-state index contributed by atoms with van der Waals surface area (Å²) in [5, 5.41) is 10.8. The minimum absolute atomic E-state index is 0.0507. The molecule has 92 valence electrons. The van der Waals surface area contributed by atoms with Crippen LogP contribution in [0.15, 0.2) is 21.1 Å². The van der Waals surface area contributed by atoms with Crippen LogP contribution >= 0.6 is 47.8 Å². The Morgan fingerprint density at radius 2 is 2.12 bits per heavy atom. The molecule has 0 saturated carbocycles. The van der Waals surface area contributed by atoms with Crippen LogP contribution in [0, 0.1) is 5.92 Å². The first kappa shape index (κ1) is 13.4. The van der Waals surface area contributed by atoms with E-state index in [1.54, 1.807) is 17.0 Å². The fourth-order valence-corrected chi connectivity index (χ4v) is 3.51. The molecule has 1 amide bonds. The molecule has 0 bridgehead atoms. The van der Waals surface area contributed by atoms with Crippen molar-refractivity contribution in [3.05, 3.63) is 21.1 Å². The van der Waals surface area contributed by atoms with Gasteiger partial charge in [-0.25, -0.2) is 0 Å². The summed E-state index contributed by atoms with van der Waals surface area (Å²) in [5.74, 6) is 0.464. The van der Waals surface area contributed by atoms with E-state index in [9.17, 15) is 9.90 Å². The van der Waals surface area contributed by atoms with Crippen molar-refractivity contribution in [1.29, 1.82) is 0 Å². The van der Waals surface area contributed by atoms with E-state index >= 15 is 0 Å². The summed E-state index contributed by atoms with van der Waals surface area (Å²) in [6.45, 7) is 0.639. The molecule has 3 nitrogen and oxygen atoms in total. The molecule has 1 saturated heterocycles. The Hall–Kier alpha value is -0.0700. The third kappa shape index (κ3) is 2.69. The smallest absolute Gasteiger partial charge is 0.227 e. The molecule has 1 heterocycles. The number of carbonyl (C=O) groups excluding carboxylic acids is 1. The zero-order valence-electron chi connectivity index (χ0n) is 8.79. The van der Waals surface area contributed by atoms with Crippen molar-refractivity contribution in [2.45, 2.75) is 6.42 Å². The molecule has 1 aromatic rings. The summed E-state index contributed by atoms with van der Waals surface area (Å²) in [4.78, 5) is 13.5. The van der Waals surface area contributed by atoms with Gasteiger partial charge in [-0.05, 0) is 34.0 Å². The van der Waals surface area contributed by atoms with Crippen molar-refractivity contribution >= 4 is 59.4 Å². The third-order valence-electron chi connectivity index (χ3n) is 2.72. The summed E-state index contributed by atoms with van der Waals surface area (Å²) in [6, 6.07) is 3.51. The van der Waals surface area contributed by atoms with E-state index in [2.05, 4.69) is 47.8 Å². The van der Waals surface area contributed by atoms with Crippen molar-refractivity contribution in [2.75, 3.05) is 16.8 Å². The largest absolute Gasteiger partial charge is 0.505 e. The van der Waals surface area contributed by atoms with Gasteiger partial charge in [0.05, 0.1) is 10.2 Å². The third-order valence-corrected chi connectivity index (χ3v) is 4.70. The average molecular weight is 428 g/mol. The van der Waals surface area contributed by atoms with Crippen molar-refractivity contribution in [2.24, 2.45) is 5.92 Å². The lowest BCUT2D eigenvalue weighted by Crippen LogP contribution is -2.24. The predicted octanol–water partition coefficient (Wildman–Crippen LogP) is 3.67. The molecule has 0 aliphatic carbocycles. The van der Waals surface area contributed by atoms with Crippen molar-refractivity contribution in [1.82, 2.24) is 0 Å². The van der Waals surface area contributed by atoms with Crippen LogP contribution in [0.1, 0.15) is 6.42 Å². The summed E-state index contributed by atoms with van der Waals surface area (Å²) in [7, 11) is 0. The summed E-state index contributed by atoms with van der Waals surface area (Å²) >= 11 is 10.0. The lowest BCUT2D eigenvalue weighted by molar-refractivity contribution is -0.117. The highest BCUT2D eigenvalue weighted by Gasteiger charge is 2.31. The monoisotopic (exact) mass is 425 g/mol. The van der Waals surface area contributed by atoms with E-state index in [4.69, 9.17) is 0 Å². The number of anilines is 1. The zero-order chi connectivity index (χ0) is 12.6. The second kappa shape index (κ2) is 5.28. The van der Waals surface area contributed by atoms with Gasteiger partial charge in [0.15, 0.2) is 5.75 Å². The number of rotatable bonds is 2. The van der Waals surface area contributed by atoms with Gasteiger partial charge in [-0.15, -0.1) is 0 Å². The molecule has 2 rings (SSSR count). The summed E-state index contributed by atoms with van der Waals surface area (Å²) < 4.78 is 1.41. The minimum Gasteiger partial charge on any atom is -0.505 e. The molecule has 1 aliphatic heterocycles. The first-order chi connectivity index (χ1) is 8.02. The minimum atomic E-state index is 0.0507. The van der Waals surface area contributed by atoms with Crippen LogP contribution in [-0.4, -0.2) is 22.9 Å². The maximum absolute atomic E-state index is 11.9. The normalized spacial score (nSPS) is 20.1. The van der Waals surface area contributed by atoms with Gasteiger partial charge in [-0.1, -0.05) is 31.9 Å². The second-order valence-corrected chi connectivity index (χ2v) is 6.40.